The number of ether oxygens (including phenoxy) is 1. The van der Waals surface area contributed by atoms with E-state index in [0.717, 1.165) is 0 Å². The third-order valence-electron chi connectivity index (χ3n) is 2.93. The van der Waals surface area contributed by atoms with Crippen LogP contribution in [0.15, 0.2) is 48.5 Å². The molecule has 0 radical (unpaired) electrons. The number of carbonyl (C=O) groups is 1. The van der Waals surface area contributed by atoms with Crippen LogP contribution in [0, 0.1) is 17.1 Å². The van der Waals surface area contributed by atoms with Gasteiger partial charge in [-0.1, -0.05) is 24.3 Å². The minimum Gasteiger partial charge on any atom is -0.497 e. The normalized spacial score (nSPS) is 11.4. The quantitative estimate of drug-likeness (QED) is 0.800. The first kappa shape index (κ1) is 13.8. The summed E-state index contributed by atoms with van der Waals surface area (Å²) in [5.41, 5.74) is 0.709. The van der Waals surface area contributed by atoms with Crippen LogP contribution in [-0.4, -0.2) is 12.9 Å². The first-order valence-electron chi connectivity index (χ1n) is 5.99. The summed E-state index contributed by atoms with van der Waals surface area (Å²) >= 11 is 0. The largest absolute Gasteiger partial charge is 0.497 e. The first-order chi connectivity index (χ1) is 9.65. The molecule has 3 nitrogen and oxygen atoms in total. The molecule has 0 aromatic heterocycles. The highest BCUT2D eigenvalue weighted by molar-refractivity contribution is 6.03. The van der Waals surface area contributed by atoms with Crippen molar-refractivity contribution in [1.82, 2.24) is 0 Å². The highest BCUT2D eigenvalue weighted by atomic mass is 19.1. The van der Waals surface area contributed by atoms with Gasteiger partial charge in [0.1, 0.15) is 17.5 Å². The van der Waals surface area contributed by atoms with Gasteiger partial charge in [0.25, 0.3) is 0 Å². The van der Waals surface area contributed by atoms with Crippen LogP contribution >= 0.6 is 0 Å². The number of nitrogens with zero attached hydrogens (tertiary/aromatic N) is 1. The van der Waals surface area contributed by atoms with Gasteiger partial charge in [0, 0.05) is 5.56 Å². The monoisotopic (exact) mass is 269 g/mol. The Kier molecular flexibility index (Phi) is 4.11. The van der Waals surface area contributed by atoms with Gasteiger partial charge in [-0.2, -0.15) is 5.26 Å². The summed E-state index contributed by atoms with van der Waals surface area (Å²) in [7, 11) is 1.50. The van der Waals surface area contributed by atoms with Gasteiger partial charge >= 0.3 is 0 Å². The molecule has 2 aromatic carbocycles. The van der Waals surface area contributed by atoms with E-state index < -0.39 is 11.7 Å². The Bertz CT molecular complexity index is 676. The van der Waals surface area contributed by atoms with Crippen LogP contribution in [-0.2, 0) is 0 Å². The van der Waals surface area contributed by atoms with E-state index in [1.54, 1.807) is 30.3 Å². The number of ketones is 1. The number of carbonyl (C=O) groups excluding carboxylic acids is 1. The molecule has 0 aliphatic carbocycles. The second-order valence-corrected chi connectivity index (χ2v) is 4.21. The zero-order chi connectivity index (χ0) is 14.5. The maximum absolute atomic E-state index is 13.2. The van der Waals surface area contributed by atoms with Gasteiger partial charge in [-0.25, -0.2) is 4.39 Å². The zero-order valence-corrected chi connectivity index (χ0v) is 10.8. The van der Waals surface area contributed by atoms with Crippen molar-refractivity contribution in [2.75, 3.05) is 7.11 Å². The second-order valence-electron chi connectivity index (χ2n) is 4.21. The molecule has 0 amide bonds. The summed E-state index contributed by atoms with van der Waals surface area (Å²) in [5.74, 6) is -1.34. The van der Waals surface area contributed by atoms with Crippen molar-refractivity contribution in [2.45, 2.75) is 5.92 Å². The molecule has 0 spiro atoms. The summed E-state index contributed by atoms with van der Waals surface area (Å²) in [6.45, 7) is 0. The molecule has 0 saturated carbocycles. The van der Waals surface area contributed by atoms with E-state index in [2.05, 4.69) is 0 Å². The average molecular weight is 269 g/mol. The van der Waals surface area contributed by atoms with Crippen LogP contribution in [0.4, 0.5) is 4.39 Å². The topological polar surface area (TPSA) is 50.1 Å². The van der Waals surface area contributed by atoms with Crippen molar-refractivity contribution >= 4 is 5.78 Å². The smallest absolute Gasteiger partial charge is 0.184 e. The van der Waals surface area contributed by atoms with Crippen molar-refractivity contribution in [1.29, 1.82) is 5.26 Å². The molecule has 0 saturated heterocycles. The number of benzene rings is 2. The van der Waals surface area contributed by atoms with Gasteiger partial charge in [0.05, 0.1) is 13.2 Å². The fourth-order valence-corrected chi connectivity index (χ4v) is 1.91. The number of nitriles is 1. The summed E-state index contributed by atoms with van der Waals surface area (Å²) in [6.07, 6.45) is 0. The van der Waals surface area contributed by atoms with Crippen molar-refractivity contribution in [3.8, 4) is 11.8 Å². The van der Waals surface area contributed by atoms with E-state index in [4.69, 9.17) is 4.74 Å². The Morgan fingerprint density at radius 1 is 1.25 bits per heavy atom. The molecule has 20 heavy (non-hydrogen) atoms. The summed E-state index contributed by atoms with van der Waals surface area (Å²) in [6, 6.07) is 14.0. The fraction of sp³-hybridized carbons (Fsp3) is 0.125. The van der Waals surface area contributed by atoms with Gasteiger partial charge in [0.15, 0.2) is 5.78 Å². The molecule has 0 N–H and O–H groups in total. The molecule has 0 aliphatic heterocycles. The molecule has 0 heterocycles. The molecule has 2 rings (SSSR count). The van der Waals surface area contributed by atoms with Gasteiger partial charge in [-0.05, 0) is 29.8 Å². The van der Waals surface area contributed by atoms with Crippen LogP contribution in [0.1, 0.15) is 21.8 Å². The summed E-state index contributed by atoms with van der Waals surface area (Å²) in [5, 5.41) is 9.20. The van der Waals surface area contributed by atoms with Crippen LogP contribution in [0.25, 0.3) is 0 Å². The number of rotatable bonds is 4. The lowest BCUT2D eigenvalue weighted by atomic mass is 9.92. The molecular formula is C16H12FNO2. The van der Waals surface area contributed by atoms with Gasteiger partial charge in [0.2, 0.25) is 0 Å². The molecule has 100 valence electrons. The molecule has 1 unspecified atom stereocenters. The van der Waals surface area contributed by atoms with E-state index in [1.807, 2.05) is 6.07 Å². The predicted octanol–water partition coefficient (Wildman–Crippen LogP) is 3.32. The average Bonchev–Trinajstić information content (AvgIpc) is 2.48. The van der Waals surface area contributed by atoms with Crippen molar-refractivity contribution in [3.05, 3.63) is 65.5 Å². The third kappa shape index (κ3) is 2.83. The molecule has 1 atom stereocenters. The number of methoxy groups -OCH3 is 1. The molecule has 0 fully saturated rings. The maximum atomic E-state index is 13.2. The Morgan fingerprint density at radius 3 is 2.65 bits per heavy atom. The second kappa shape index (κ2) is 5.98. The Morgan fingerprint density at radius 2 is 2.00 bits per heavy atom. The number of Topliss-reactive ketones (excluding diaryl/α,β-unsaturated/α-hetero) is 1. The lowest BCUT2D eigenvalue weighted by Crippen LogP contribution is -2.11. The van der Waals surface area contributed by atoms with Crippen LogP contribution < -0.4 is 4.74 Å². The number of hydrogen-bond donors (Lipinski definition) is 0. The highest BCUT2D eigenvalue weighted by Crippen LogP contribution is 2.23. The Hall–Kier alpha value is -2.67. The van der Waals surface area contributed by atoms with Crippen molar-refractivity contribution in [2.24, 2.45) is 0 Å². The highest BCUT2D eigenvalue weighted by Gasteiger charge is 2.22. The van der Waals surface area contributed by atoms with E-state index >= 15 is 0 Å². The van der Waals surface area contributed by atoms with E-state index in [0.29, 0.717) is 16.9 Å². The molecular weight excluding hydrogens is 257 g/mol. The third-order valence-corrected chi connectivity index (χ3v) is 2.93. The Labute approximate surface area is 116 Å². The summed E-state index contributed by atoms with van der Waals surface area (Å²) in [4.78, 5) is 12.4. The SMILES string of the molecule is COc1cccc(C(=O)C(C#N)c2cccc(F)c2)c1. The zero-order valence-electron chi connectivity index (χ0n) is 10.8. The molecule has 4 heteroatoms. The molecule has 0 aliphatic rings. The van der Waals surface area contributed by atoms with Crippen molar-refractivity contribution < 1.29 is 13.9 Å². The van der Waals surface area contributed by atoms with Crippen LogP contribution in [0.5, 0.6) is 5.75 Å². The maximum Gasteiger partial charge on any atom is 0.184 e. The lowest BCUT2D eigenvalue weighted by molar-refractivity contribution is 0.0978. The summed E-state index contributed by atoms with van der Waals surface area (Å²) < 4.78 is 18.3. The van der Waals surface area contributed by atoms with E-state index in [1.165, 1.54) is 25.3 Å². The Balaban J connectivity index is 2.37. The molecule has 0 bridgehead atoms. The minimum atomic E-state index is -1.03. The van der Waals surface area contributed by atoms with Crippen LogP contribution in [0.2, 0.25) is 0 Å². The fourth-order valence-electron chi connectivity index (χ4n) is 1.91. The van der Waals surface area contributed by atoms with Crippen molar-refractivity contribution in [3.63, 3.8) is 0 Å². The predicted molar refractivity (Wildman–Crippen MR) is 72.1 cm³/mol. The molecule has 2 aromatic rings. The lowest BCUT2D eigenvalue weighted by Gasteiger charge is -2.09. The van der Waals surface area contributed by atoms with Crippen LogP contribution in [0.3, 0.4) is 0 Å². The van der Waals surface area contributed by atoms with Gasteiger partial charge in [-0.15, -0.1) is 0 Å². The van der Waals surface area contributed by atoms with Gasteiger partial charge in [-0.3, -0.25) is 4.79 Å². The van der Waals surface area contributed by atoms with E-state index in [-0.39, 0.29) is 5.78 Å². The minimum absolute atomic E-state index is 0.348. The number of hydrogen-bond acceptors (Lipinski definition) is 3. The van der Waals surface area contributed by atoms with E-state index in [9.17, 15) is 14.4 Å². The first-order valence-corrected chi connectivity index (χ1v) is 5.99. The standard InChI is InChI=1S/C16H12FNO2/c1-20-14-7-3-5-12(9-14)16(19)15(10-18)11-4-2-6-13(17)8-11/h2-9,15H,1H3. The van der Waals surface area contributed by atoms with Gasteiger partial charge < -0.3 is 4.74 Å². The number of halogens is 1.